The summed E-state index contributed by atoms with van der Waals surface area (Å²) in [4.78, 5) is 16.0. The number of benzene rings is 1. The van der Waals surface area contributed by atoms with Gasteiger partial charge in [0.1, 0.15) is 11.4 Å². The van der Waals surface area contributed by atoms with Crippen LogP contribution in [0.3, 0.4) is 0 Å². The molecule has 1 amide bonds. The Bertz CT molecular complexity index is 972. The predicted octanol–water partition coefficient (Wildman–Crippen LogP) is 5.03. The molecule has 0 bridgehead atoms. The minimum atomic E-state index is -0.190. The van der Waals surface area contributed by atoms with E-state index >= 15 is 0 Å². The molecule has 27 heavy (non-hydrogen) atoms. The lowest BCUT2D eigenvalue weighted by atomic mass is 10.0. The van der Waals surface area contributed by atoms with E-state index in [0.29, 0.717) is 34.6 Å². The van der Waals surface area contributed by atoms with Crippen molar-refractivity contribution < 1.29 is 9.53 Å². The number of carbonyl (C=O) groups is 1. The number of aromatic amines is 1. The molecule has 0 radical (unpaired) electrons. The first kappa shape index (κ1) is 18.5. The van der Waals surface area contributed by atoms with Gasteiger partial charge in [-0.25, -0.2) is 0 Å². The maximum atomic E-state index is 13.0. The monoisotopic (exact) mass is 421 g/mol. The van der Waals surface area contributed by atoms with Crippen LogP contribution in [-0.4, -0.2) is 41.3 Å². The second kappa shape index (κ2) is 7.64. The summed E-state index contributed by atoms with van der Waals surface area (Å²) < 4.78 is 5.16. The number of amides is 1. The average Bonchev–Trinajstić information content (AvgIpc) is 3.35. The largest absolute Gasteiger partial charge is 0.385 e. The van der Waals surface area contributed by atoms with Crippen molar-refractivity contribution in [3.63, 3.8) is 0 Å². The average molecular weight is 422 g/mol. The van der Waals surface area contributed by atoms with Crippen molar-refractivity contribution in [2.45, 2.75) is 12.5 Å². The lowest BCUT2D eigenvalue weighted by molar-refractivity contribution is 0.0725. The van der Waals surface area contributed by atoms with E-state index in [2.05, 4.69) is 10.2 Å². The first-order chi connectivity index (χ1) is 13.1. The van der Waals surface area contributed by atoms with Crippen LogP contribution in [0, 0.1) is 0 Å². The van der Waals surface area contributed by atoms with Gasteiger partial charge in [-0.1, -0.05) is 29.3 Å². The van der Waals surface area contributed by atoms with Gasteiger partial charge in [0.15, 0.2) is 0 Å². The molecule has 3 heterocycles. The molecule has 1 atom stereocenters. The quantitative estimate of drug-likeness (QED) is 0.567. The van der Waals surface area contributed by atoms with Gasteiger partial charge >= 0.3 is 0 Å². The van der Waals surface area contributed by atoms with E-state index in [0.717, 1.165) is 22.4 Å². The van der Waals surface area contributed by atoms with E-state index in [-0.39, 0.29) is 11.9 Å². The van der Waals surface area contributed by atoms with Gasteiger partial charge < -0.3 is 9.64 Å². The second-order valence-electron chi connectivity index (χ2n) is 6.25. The maximum Gasteiger partial charge on any atom is 0.273 e. The smallest absolute Gasteiger partial charge is 0.273 e. The van der Waals surface area contributed by atoms with Crippen LogP contribution in [0.25, 0.3) is 11.3 Å². The summed E-state index contributed by atoms with van der Waals surface area (Å²) >= 11 is 14.1. The fraction of sp³-hybridized carbons (Fsp3) is 0.263. The number of nitrogens with one attached hydrogen (secondary N) is 1. The van der Waals surface area contributed by atoms with Crippen LogP contribution < -0.4 is 0 Å². The third kappa shape index (κ3) is 3.27. The number of hydrogen-bond donors (Lipinski definition) is 1. The topological polar surface area (TPSA) is 58.2 Å². The lowest BCUT2D eigenvalue weighted by Crippen LogP contribution is -2.30. The van der Waals surface area contributed by atoms with Gasteiger partial charge in [0, 0.05) is 41.3 Å². The lowest BCUT2D eigenvalue weighted by Gasteiger charge is -2.25. The van der Waals surface area contributed by atoms with Gasteiger partial charge in [0.05, 0.1) is 11.1 Å². The number of nitrogens with zero attached hydrogens (tertiary/aromatic N) is 2. The summed E-state index contributed by atoms with van der Waals surface area (Å²) in [6, 6.07) is 9.14. The van der Waals surface area contributed by atoms with Crippen molar-refractivity contribution in [3.05, 3.63) is 61.9 Å². The molecule has 0 fully saturated rings. The fourth-order valence-electron chi connectivity index (χ4n) is 3.44. The number of aromatic nitrogens is 2. The van der Waals surface area contributed by atoms with E-state index in [1.807, 2.05) is 28.5 Å². The summed E-state index contributed by atoms with van der Waals surface area (Å²) in [5.74, 6) is -0.0525. The van der Waals surface area contributed by atoms with E-state index in [1.54, 1.807) is 30.6 Å². The standard InChI is InChI=1S/C19H17Cl2N3O2S/c1-26-8-3-7-24-18(14-4-2-9-27-14)15-16(22-23-17(15)19(24)25)12-6-5-11(20)10-13(12)21/h2,4-6,9-10,18H,3,7-8H2,1H3,(H,22,23). The Morgan fingerprint density at radius 2 is 2.19 bits per heavy atom. The number of fused-ring (bicyclic) bond motifs is 1. The van der Waals surface area contributed by atoms with E-state index in [1.165, 1.54) is 0 Å². The number of thiophene rings is 1. The Kier molecular flexibility index (Phi) is 5.23. The maximum absolute atomic E-state index is 13.0. The molecule has 3 aromatic rings. The molecule has 1 aliphatic heterocycles. The highest BCUT2D eigenvalue weighted by Gasteiger charge is 2.42. The predicted molar refractivity (Wildman–Crippen MR) is 108 cm³/mol. The first-order valence-corrected chi connectivity index (χ1v) is 10.1. The van der Waals surface area contributed by atoms with Crippen molar-refractivity contribution in [1.29, 1.82) is 0 Å². The van der Waals surface area contributed by atoms with Gasteiger partial charge in [-0.15, -0.1) is 11.3 Å². The fourth-order valence-corrected chi connectivity index (χ4v) is 4.78. The molecule has 0 saturated heterocycles. The molecule has 4 rings (SSSR count). The van der Waals surface area contributed by atoms with Crippen molar-refractivity contribution >= 4 is 40.4 Å². The Morgan fingerprint density at radius 1 is 1.33 bits per heavy atom. The SMILES string of the molecule is COCCCN1C(=O)c2[nH]nc(-c3ccc(Cl)cc3Cl)c2C1c1cccs1. The molecule has 0 spiro atoms. The molecule has 2 aromatic heterocycles. The van der Waals surface area contributed by atoms with Crippen molar-refractivity contribution in [1.82, 2.24) is 15.1 Å². The number of methoxy groups -OCH3 is 1. The number of rotatable bonds is 6. The van der Waals surface area contributed by atoms with Crippen LogP contribution in [0.1, 0.15) is 33.4 Å². The second-order valence-corrected chi connectivity index (χ2v) is 8.07. The normalized spacial score (nSPS) is 16.2. The van der Waals surface area contributed by atoms with E-state index in [9.17, 15) is 4.79 Å². The molecule has 1 aliphatic rings. The van der Waals surface area contributed by atoms with Crippen molar-refractivity contribution in [2.24, 2.45) is 0 Å². The minimum absolute atomic E-state index is 0.0525. The molecule has 5 nitrogen and oxygen atoms in total. The van der Waals surface area contributed by atoms with Crippen LogP contribution >= 0.6 is 34.5 Å². The number of halogens is 2. The van der Waals surface area contributed by atoms with Crippen LogP contribution in [0.4, 0.5) is 0 Å². The van der Waals surface area contributed by atoms with Crippen LogP contribution in [0.15, 0.2) is 35.7 Å². The Balaban J connectivity index is 1.81. The highest BCUT2D eigenvalue weighted by atomic mass is 35.5. The number of hydrogen-bond acceptors (Lipinski definition) is 4. The highest BCUT2D eigenvalue weighted by Crippen LogP contribution is 2.45. The van der Waals surface area contributed by atoms with Gasteiger partial charge in [-0.2, -0.15) is 5.10 Å². The molecular formula is C19H17Cl2N3O2S. The van der Waals surface area contributed by atoms with Gasteiger partial charge in [-0.05, 0) is 36.1 Å². The third-order valence-electron chi connectivity index (χ3n) is 4.61. The molecule has 140 valence electrons. The summed E-state index contributed by atoms with van der Waals surface area (Å²) in [7, 11) is 1.66. The Hall–Kier alpha value is -1.86. The Morgan fingerprint density at radius 3 is 2.89 bits per heavy atom. The molecular weight excluding hydrogens is 405 g/mol. The molecule has 1 aromatic carbocycles. The molecule has 8 heteroatoms. The zero-order valence-corrected chi connectivity index (χ0v) is 16.9. The first-order valence-electron chi connectivity index (χ1n) is 8.48. The molecule has 1 unspecified atom stereocenters. The number of H-pyrrole nitrogens is 1. The Labute approximate surface area is 170 Å². The third-order valence-corrected chi connectivity index (χ3v) is 6.08. The number of ether oxygens (including phenoxy) is 1. The van der Waals surface area contributed by atoms with Crippen LogP contribution in [0.2, 0.25) is 10.0 Å². The summed E-state index contributed by atoms with van der Waals surface area (Å²) in [5.41, 5.74) is 2.83. The number of carbonyl (C=O) groups excluding carboxylic acids is 1. The summed E-state index contributed by atoms with van der Waals surface area (Å²) in [6.07, 6.45) is 0.763. The van der Waals surface area contributed by atoms with Crippen molar-refractivity contribution in [3.8, 4) is 11.3 Å². The molecule has 1 N–H and O–H groups in total. The van der Waals surface area contributed by atoms with Gasteiger partial charge in [-0.3, -0.25) is 9.89 Å². The van der Waals surface area contributed by atoms with Crippen LogP contribution in [-0.2, 0) is 4.74 Å². The van der Waals surface area contributed by atoms with E-state index in [4.69, 9.17) is 27.9 Å². The van der Waals surface area contributed by atoms with Crippen molar-refractivity contribution in [2.75, 3.05) is 20.3 Å². The summed E-state index contributed by atoms with van der Waals surface area (Å²) in [6.45, 7) is 1.20. The van der Waals surface area contributed by atoms with Crippen LogP contribution in [0.5, 0.6) is 0 Å². The molecule has 0 saturated carbocycles. The highest BCUT2D eigenvalue weighted by molar-refractivity contribution is 7.10. The van der Waals surface area contributed by atoms with Gasteiger partial charge in [0.2, 0.25) is 0 Å². The van der Waals surface area contributed by atoms with E-state index < -0.39 is 0 Å². The zero-order valence-electron chi connectivity index (χ0n) is 14.5. The molecule has 0 aliphatic carbocycles. The summed E-state index contributed by atoms with van der Waals surface area (Å²) in [5, 5.41) is 10.4. The zero-order chi connectivity index (χ0) is 19.0. The minimum Gasteiger partial charge on any atom is -0.385 e. The van der Waals surface area contributed by atoms with Gasteiger partial charge in [0.25, 0.3) is 5.91 Å².